The second-order valence-electron chi connectivity index (χ2n) is 5.93. The van der Waals surface area contributed by atoms with Gasteiger partial charge < -0.3 is 24.6 Å². The van der Waals surface area contributed by atoms with Crippen molar-refractivity contribution >= 4 is 28.3 Å². The molecule has 2 aliphatic heterocycles. The number of hydrogen-bond acceptors (Lipinski definition) is 7. The lowest BCUT2D eigenvalue weighted by molar-refractivity contribution is -0.130. The molecule has 0 saturated carbocycles. The Balaban J connectivity index is 1.27. The summed E-state index contributed by atoms with van der Waals surface area (Å²) in [6.07, 6.45) is 1.78. The van der Waals surface area contributed by atoms with Gasteiger partial charge in [0.15, 0.2) is 16.6 Å². The number of ether oxygens (including phenoxy) is 2. The molecule has 1 N–H and O–H groups in total. The Bertz CT molecular complexity index is 803. The van der Waals surface area contributed by atoms with E-state index in [1.807, 2.05) is 5.38 Å². The van der Waals surface area contributed by atoms with Gasteiger partial charge in [-0.25, -0.2) is 4.98 Å². The average molecular weight is 374 g/mol. The number of nitrogens with zero attached hydrogens (tertiary/aromatic N) is 3. The summed E-state index contributed by atoms with van der Waals surface area (Å²) in [4.78, 5) is 32.8. The second-order valence-corrected chi connectivity index (χ2v) is 6.81. The summed E-state index contributed by atoms with van der Waals surface area (Å²) in [6, 6.07) is 4.96. The molecule has 3 heterocycles. The van der Waals surface area contributed by atoms with Crippen molar-refractivity contribution in [2.45, 2.75) is 0 Å². The minimum Gasteiger partial charge on any atom is -0.454 e. The SMILES string of the molecule is O=C(NCC(=O)N1CCN(c2nccs2)CC1)c1ccc2c(c1)OCO2. The van der Waals surface area contributed by atoms with Gasteiger partial charge in [0.1, 0.15) is 0 Å². The van der Waals surface area contributed by atoms with Crippen molar-refractivity contribution in [2.75, 3.05) is 44.4 Å². The molecule has 9 heteroatoms. The highest BCUT2D eigenvalue weighted by atomic mass is 32.1. The molecule has 1 fully saturated rings. The quantitative estimate of drug-likeness (QED) is 0.858. The zero-order chi connectivity index (χ0) is 17.9. The third-order valence-corrected chi connectivity index (χ3v) is 5.19. The molecule has 1 aromatic carbocycles. The molecule has 2 aliphatic rings. The molecule has 4 rings (SSSR count). The molecule has 2 aromatic rings. The van der Waals surface area contributed by atoms with E-state index in [1.165, 1.54) is 0 Å². The second kappa shape index (κ2) is 7.20. The fourth-order valence-corrected chi connectivity index (χ4v) is 3.62. The first-order chi connectivity index (χ1) is 12.7. The highest BCUT2D eigenvalue weighted by Crippen LogP contribution is 2.32. The lowest BCUT2D eigenvalue weighted by Gasteiger charge is -2.34. The molecule has 1 saturated heterocycles. The standard InChI is InChI=1S/C17H18N4O4S/c22-15(20-4-6-21(7-5-20)17-18-3-8-26-17)10-19-16(23)12-1-2-13-14(9-12)25-11-24-13/h1-3,8-9H,4-7,10-11H2,(H,19,23). The van der Waals surface area contributed by atoms with Gasteiger partial charge in [0.2, 0.25) is 12.7 Å². The summed E-state index contributed by atoms with van der Waals surface area (Å²) in [7, 11) is 0. The Morgan fingerprint density at radius 1 is 1.15 bits per heavy atom. The normalized spacial score (nSPS) is 15.8. The summed E-state index contributed by atoms with van der Waals surface area (Å²) < 4.78 is 10.5. The van der Waals surface area contributed by atoms with Crippen LogP contribution in [0.15, 0.2) is 29.8 Å². The van der Waals surface area contributed by atoms with Gasteiger partial charge in [-0.2, -0.15) is 0 Å². The zero-order valence-corrected chi connectivity index (χ0v) is 14.8. The van der Waals surface area contributed by atoms with E-state index in [4.69, 9.17) is 9.47 Å². The molecule has 1 aromatic heterocycles. The Morgan fingerprint density at radius 3 is 2.73 bits per heavy atom. The molecule has 0 bridgehead atoms. The van der Waals surface area contributed by atoms with Crippen molar-refractivity contribution in [1.29, 1.82) is 0 Å². The van der Waals surface area contributed by atoms with Crippen molar-refractivity contribution in [3.63, 3.8) is 0 Å². The molecular weight excluding hydrogens is 356 g/mol. The van der Waals surface area contributed by atoms with Gasteiger partial charge in [0.25, 0.3) is 5.91 Å². The van der Waals surface area contributed by atoms with E-state index in [1.54, 1.807) is 40.6 Å². The number of piperazine rings is 1. The van der Waals surface area contributed by atoms with Gasteiger partial charge in [-0.1, -0.05) is 0 Å². The van der Waals surface area contributed by atoms with Gasteiger partial charge >= 0.3 is 0 Å². The van der Waals surface area contributed by atoms with Gasteiger partial charge in [0.05, 0.1) is 6.54 Å². The smallest absolute Gasteiger partial charge is 0.251 e. The fourth-order valence-electron chi connectivity index (χ4n) is 2.93. The molecule has 2 amide bonds. The maximum Gasteiger partial charge on any atom is 0.251 e. The molecule has 26 heavy (non-hydrogen) atoms. The summed E-state index contributed by atoms with van der Waals surface area (Å²) in [5.41, 5.74) is 0.440. The van der Waals surface area contributed by atoms with Gasteiger partial charge in [-0.3, -0.25) is 9.59 Å². The zero-order valence-electron chi connectivity index (χ0n) is 14.0. The number of anilines is 1. The van der Waals surface area contributed by atoms with Gasteiger partial charge in [-0.15, -0.1) is 11.3 Å². The van der Waals surface area contributed by atoms with Crippen LogP contribution in [-0.4, -0.2) is 61.2 Å². The lowest BCUT2D eigenvalue weighted by Crippen LogP contribution is -2.51. The van der Waals surface area contributed by atoms with E-state index < -0.39 is 0 Å². The number of fused-ring (bicyclic) bond motifs is 1. The Labute approximate surface area is 154 Å². The van der Waals surface area contributed by atoms with Crippen LogP contribution in [0, 0.1) is 0 Å². The maximum atomic E-state index is 12.3. The first-order valence-electron chi connectivity index (χ1n) is 8.31. The van der Waals surface area contributed by atoms with Crippen LogP contribution >= 0.6 is 11.3 Å². The molecule has 0 unspecified atom stereocenters. The molecule has 0 radical (unpaired) electrons. The van der Waals surface area contributed by atoms with Crippen molar-refractivity contribution in [2.24, 2.45) is 0 Å². The fraction of sp³-hybridized carbons (Fsp3) is 0.353. The van der Waals surface area contributed by atoms with Gasteiger partial charge in [0, 0.05) is 43.3 Å². The van der Waals surface area contributed by atoms with Crippen LogP contribution in [0.1, 0.15) is 10.4 Å². The topological polar surface area (TPSA) is 84.0 Å². The summed E-state index contributed by atoms with van der Waals surface area (Å²) >= 11 is 1.59. The van der Waals surface area contributed by atoms with E-state index in [0.717, 1.165) is 18.2 Å². The Kier molecular flexibility index (Phi) is 4.61. The number of thiazole rings is 1. The maximum absolute atomic E-state index is 12.3. The number of benzene rings is 1. The summed E-state index contributed by atoms with van der Waals surface area (Å²) in [6.45, 7) is 2.87. The minimum absolute atomic E-state index is 0.0233. The number of rotatable bonds is 4. The number of hydrogen-bond donors (Lipinski definition) is 1. The predicted octanol–water partition coefficient (Wildman–Crippen LogP) is 0.950. The molecule has 0 aliphatic carbocycles. The van der Waals surface area contributed by atoms with Crippen molar-refractivity contribution < 1.29 is 19.1 Å². The van der Waals surface area contributed by atoms with Crippen LogP contribution in [-0.2, 0) is 4.79 Å². The third kappa shape index (κ3) is 3.43. The van der Waals surface area contributed by atoms with E-state index in [-0.39, 0.29) is 25.2 Å². The van der Waals surface area contributed by atoms with Crippen LogP contribution in [0.5, 0.6) is 11.5 Å². The van der Waals surface area contributed by atoms with Crippen LogP contribution in [0.4, 0.5) is 5.13 Å². The highest BCUT2D eigenvalue weighted by Gasteiger charge is 2.23. The Hall–Kier alpha value is -2.81. The third-order valence-electron chi connectivity index (χ3n) is 4.36. The van der Waals surface area contributed by atoms with Crippen molar-refractivity contribution in [3.05, 3.63) is 35.3 Å². The lowest BCUT2D eigenvalue weighted by atomic mass is 10.2. The monoisotopic (exact) mass is 374 g/mol. The van der Waals surface area contributed by atoms with Crippen LogP contribution in [0.2, 0.25) is 0 Å². The number of aromatic nitrogens is 1. The predicted molar refractivity (Wildman–Crippen MR) is 95.8 cm³/mol. The number of nitrogens with one attached hydrogen (secondary N) is 1. The number of carbonyl (C=O) groups excluding carboxylic acids is 2. The van der Waals surface area contributed by atoms with Crippen molar-refractivity contribution in [3.8, 4) is 11.5 Å². The van der Waals surface area contributed by atoms with Crippen LogP contribution in [0.3, 0.4) is 0 Å². The largest absolute Gasteiger partial charge is 0.454 e. The van der Waals surface area contributed by atoms with Crippen LogP contribution < -0.4 is 19.7 Å². The van der Waals surface area contributed by atoms with Gasteiger partial charge in [-0.05, 0) is 18.2 Å². The van der Waals surface area contributed by atoms with E-state index in [9.17, 15) is 9.59 Å². The molecular formula is C17H18N4O4S. The van der Waals surface area contributed by atoms with Crippen LogP contribution in [0.25, 0.3) is 0 Å². The molecule has 0 spiro atoms. The van der Waals surface area contributed by atoms with E-state index in [2.05, 4.69) is 15.2 Å². The van der Waals surface area contributed by atoms with E-state index >= 15 is 0 Å². The molecule has 0 atom stereocenters. The average Bonchev–Trinajstić information content (AvgIpc) is 3.37. The van der Waals surface area contributed by atoms with E-state index in [0.29, 0.717) is 30.2 Å². The Morgan fingerprint density at radius 2 is 1.96 bits per heavy atom. The first-order valence-corrected chi connectivity index (χ1v) is 9.19. The van der Waals surface area contributed by atoms with Crippen molar-refractivity contribution in [1.82, 2.24) is 15.2 Å². The summed E-state index contributed by atoms with van der Waals surface area (Å²) in [5, 5.41) is 5.60. The molecule has 136 valence electrons. The summed E-state index contributed by atoms with van der Waals surface area (Å²) in [5.74, 6) is 0.772. The number of amides is 2. The number of carbonyl (C=O) groups is 2. The molecule has 8 nitrogen and oxygen atoms in total. The highest BCUT2D eigenvalue weighted by molar-refractivity contribution is 7.13. The first kappa shape index (κ1) is 16.6. The minimum atomic E-state index is -0.307.